The highest BCUT2D eigenvalue weighted by molar-refractivity contribution is 7.80. The van der Waals surface area contributed by atoms with Crippen LogP contribution in [0.2, 0.25) is 15.1 Å². The van der Waals surface area contributed by atoms with Gasteiger partial charge in [-0.15, -0.1) is 0 Å². The van der Waals surface area contributed by atoms with Crippen LogP contribution in [0.25, 0.3) is 0 Å². The average Bonchev–Trinajstić information content (AvgIpc) is 3.09. The van der Waals surface area contributed by atoms with Gasteiger partial charge in [-0.25, -0.2) is 0 Å². The van der Waals surface area contributed by atoms with Gasteiger partial charge in [-0.2, -0.15) is 0 Å². The molecule has 0 amide bonds. The molecule has 126 valence electrons. The SMILES string of the molecule is S=C(c1cc(Cl)ccc1OCc1c(Cl)cccc1Cl)N1CCCC1. The van der Waals surface area contributed by atoms with Gasteiger partial charge in [0, 0.05) is 33.7 Å². The predicted molar refractivity (Wildman–Crippen MR) is 105 cm³/mol. The van der Waals surface area contributed by atoms with Crippen LogP contribution in [-0.2, 0) is 6.61 Å². The van der Waals surface area contributed by atoms with E-state index < -0.39 is 0 Å². The number of benzene rings is 2. The van der Waals surface area contributed by atoms with Gasteiger partial charge in [0.1, 0.15) is 17.3 Å². The highest BCUT2D eigenvalue weighted by atomic mass is 35.5. The molecule has 2 nitrogen and oxygen atoms in total. The minimum Gasteiger partial charge on any atom is -0.488 e. The van der Waals surface area contributed by atoms with Crippen LogP contribution in [0.3, 0.4) is 0 Å². The van der Waals surface area contributed by atoms with E-state index in [1.165, 1.54) is 0 Å². The fourth-order valence-electron chi connectivity index (χ4n) is 2.71. The third-order valence-electron chi connectivity index (χ3n) is 4.00. The molecule has 6 heteroatoms. The van der Waals surface area contributed by atoms with E-state index in [4.69, 9.17) is 51.8 Å². The summed E-state index contributed by atoms with van der Waals surface area (Å²) in [6.45, 7) is 2.22. The topological polar surface area (TPSA) is 12.5 Å². The van der Waals surface area contributed by atoms with Crippen molar-refractivity contribution in [2.24, 2.45) is 0 Å². The first-order valence-corrected chi connectivity index (χ1v) is 9.25. The Bertz CT molecular complexity index is 740. The normalized spacial score (nSPS) is 14.0. The number of halogens is 3. The van der Waals surface area contributed by atoms with Gasteiger partial charge in [0.25, 0.3) is 0 Å². The number of rotatable bonds is 4. The van der Waals surface area contributed by atoms with Crippen molar-refractivity contribution >= 4 is 52.0 Å². The van der Waals surface area contributed by atoms with Crippen molar-refractivity contribution in [2.75, 3.05) is 13.1 Å². The number of thiocarbonyl (C=S) groups is 1. The van der Waals surface area contributed by atoms with Gasteiger partial charge >= 0.3 is 0 Å². The van der Waals surface area contributed by atoms with E-state index in [-0.39, 0.29) is 6.61 Å². The second-order valence-electron chi connectivity index (χ2n) is 5.63. The van der Waals surface area contributed by atoms with Crippen LogP contribution in [0, 0.1) is 0 Å². The molecule has 3 rings (SSSR count). The second kappa shape index (κ2) is 7.92. The molecule has 0 bridgehead atoms. The molecular weight excluding hydrogens is 385 g/mol. The summed E-state index contributed by atoms with van der Waals surface area (Å²) in [5.41, 5.74) is 1.59. The van der Waals surface area contributed by atoms with Gasteiger partial charge in [-0.05, 0) is 43.2 Å². The summed E-state index contributed by atoms with van der Waals surface area (Å²) in [7, 11) is 0. The van der Waals surface area contributed by atoms with E-state index in [0.29, 0.717) is 20.8 Å². The summed E-state index contributed by atoms with van der Waals surface area (Å²) in [5, 5.41) is 1.80. The number of ether oxygens (including phenoxy) is 1. The average molecular weight is 401 g/mol. The maximum Gasteiger partial charge on any atom is 0.130 e. The summed E-state index contributed by atoms with van der Waals surface area (Å²) < 4.78 is 5.98. The second-order valence-corrected chi connectivity index (χ2v) is 7.27. The Morgan fingerprint density at radius 2 is 1.71 bits per heavy atom. The Balaban J connectivity index is 1.84. The first-order valence-electron chi connectivity index (χ1n) is 7.71. The van der Waals surface area contributed by atoms with Crippen LogP contribution in [0.5, 0.6) is 5.75 Å². The van der Waals surface area contributed by atoms with Crippen LogP contribution in [0.4, 0.5) is 0 Å². The third kappa shape index (κ3) is 3.97. The molecule has 0 aromatic heterocycles. The van der Waals surface area contributed by atoms with Crippen LogP contribution >= 0.6 is 47.0 Å². The number of hydrogen-bond acceptors (Lipinski definition) is 2. The highest BCUT2D eigenvalue weighted by Gasteiger charge is 2.20. The minimum absolute atomic E-state index is 0.274. The van der Waals surface area contributed by atoms with E-state index >= 15 is 0 Å². The number of nitrogens with zero attached hydrogens (tertiary/aromatic N) is 1. The van der Waals surface area contributed by atoms with Crippen molar-refractivity contribution in [1.29, 1.82) is 0 Å². The Labute approximate surface area is 162 Å². The molecule has 24 heavy (non-hydrogen) atoms. The quantitative estimate of drug-likeness (QED) is 0.584. The molecule has 1 heterocycles. The Morgan fingerprint density at radius 1 is 1.04 bits per heavy atom. The lowest BCUT2D eigenvalue weighted by molar-refractivity contribution is 0.305. The van der Waals surface area contributed by atoms with E-state index in [9.17, 15) is 0 Å². The zero-order valence-corrected chi connectivity index (χ0v) is 16.0. The summed E-state index contributed by atoms with van der Waals surface area (Å²) in [5.74, 6) is 0.687. The molecule has 1 aliphatic heterocycles. The van der Waals surface area contributed by atoms with E-state index in [1.54, 1.807) is 18.2 Å². The molecule has 0 saturated carbocycles. The van der Waals surface area contributed by atoms with Crippen LogP contribution in [-0.4, -0.2) is 23.0 Å². The van der Waals surface area contributed by atoms with Crippen molar-refractivity contribution in [3.63, 3.8) is 0 Å². The molecule has 0 atom stereocenters. The smallest absolute Gasteiger partial charge is 0.130 e. The first-order chi connectivity index (χ1) is 11.6. The predicted octanol–water partition coefficient (Wildman–Crippen LogP) is 6.00. The van der Waals surface area contributed by atoms with E-state index in [1.807, 2.05) is 18.2 Å². The largest absolute Gasteiger partial charge is 0.488 e. The molecule has 0 radical (unpaired) electrons. The Kier molecular flexibility index (Phi) is 5.88. The lowest BCUT2D eigenvalue weighted by Crippen LogP contribution is -2.27. The molecule has 0 unspecified atom stereocenters. The first kappa shape index (κ1) is 17.8. The lowest BCUT2D eigenvalue weighted by atomic mass is 10.2. The van der Waals surface area contributed by atoms with Gasteiger partial charge in [0.05, 0.1) is 5.56 Å². The molecular formula is C18H16Cl3NOS. The highest BCUT2D eigenvalue weighted by Crippen LogP contribution is 2.30. The summed E-state index contributed by atoms with van der Waals surface area (Å²) in [6.07, 6.45) is 2.32. The van der Waals surface area contributed by atoms with Crippen LogP contribution < -0.4 is 4.74 Å². The van der Waals surface area contributed by atoms with Crippen molar-refractivity contribution in [3.8, 4) is 5.75 Å². The van der Waals surface area contributed by atoms with Crippen molar-refractivity contribution < 1.29 is 4.74 Å². The fourth-order valence-corrected chi connectivity index (χ4v) is 3.73. The monoisotopic (exact) mass is 399 g/mol. The molecule has 0 spiro atoms. The van der Waals surface area contributed by atoms with Crippen molar-refractivity contribution in [2.45, 2.75) is 19.4 Å². The van der Waals surface area contributed by atoms with Crippen molar-refractivity contribution in [1.82, 2.24) is 4.90 Å². The molecule has 2 aromatic carbocycles. The lowest BCUT2D eigenvalue weighted by Gasteiger charge is -2.21. The zero-order chi connectivity index (χ0) is 17.1. The molecule has 0 aliphatic carbocycles. The number of hydrogen-bond donors (Lipinski definition) is 0. The molecule has 0 N–H and O–H groups in total. The van der Waals surface area contributed by atoms with E-state index in [0.717, 1.165) is 42.0 Å². The molecule has 1 aliphatic rings. The number of likely N-dealkylation sites (tertiary alicyclic amines) is 1. The van der Waals surface area contributed by atoms with Gasteiger partial charge in [-0.1, -0.05) is 53.1 Å². The maximum absolute atomic E-state index is 6.21. The summed E-state index contributed by atoms with van der Waals surface area (Å²) >= 11 is 24.2. The van der Waals surface area contributed by atoms with Gasteiger partial charge in [0.15, 0.2) is 0 Å². The van der Waals surface area contributed by atoms with Crippen LogP contribution in [0.15, 0.2) is 36.4 Å². The standard InChI is InChI=1S/C18H16Cl3NOS/c19-12-6-7-17(13(10-12)18(24)22-8-1-2-9-22)23-11-14-15(20)4-3-5-16(14)21/h3-7,10H,1-2,8-9,11H2. The molecule has 1 fully saturated rings. The molecule has 2 aromatic rings. The van der Waals surface area contributed by atoms with Crippen LogP contribution in [0.1, 0.15) is 24.0 Å². The van der Waals surface area contributed by atoms with Gasteiger partial charge < -0.3 is 9.64 Å². The summed E-state index contributed by atoms with van der Waals surface area (Å²) in [6, 6.07) is 10.9. The third-order valence-corrected chi connectivity index (χ3v) is 5.42. The Morgan fingerprint density at radius 3 is 2.38 bits per heavy atom. The minimum atomic E-state index is 0.274. The molecule has 1 saturated heterocycles. The maximum atomic E-state index is 6.21. The summed E-state index contributed by atoms with van der Waals surface area (Å²) in [4.78, 5) is 2.96. The Hall–Kier alpha value is -1.00. The van der Waals surface area contributed by atoms with E-state index in [2.05, 4.69) is 4.90 Å². The zero-order valence-electron chi connectivity index (χ0n) is 12.9. The van der Waals surface area contributed by atoms with Gasteiger partial charge in [0.2, 0.25) is 0 Å². The van der Waals surface area contributed by atoms with Crippen molar-refractivity contribution in [3.05, 3.63) is 62.6 Å². The van der Waals surface area contributed by atoms with Gasteiger partial charge in [-0.3, -0.25) is 0 Å². The fraction of sp³-hybridized carbons (Fsp3) is 0.278.